The van der Waals surface area contributed by atoms with Crippen molar-refractivity contribution in [1.82, 2.24) is 4.90 Å². The lowest BCUT2D eigenvalue weighted by Gasteiger charge is -2.37. The quantitative estimate of drug-likeness (QED) is 0.596. The molecule has 0 unspecified atom stereocenters. The molecule has 0 saturated carbocycles. The van der Waals surface area contributed by atoms with Gasteiger partial charge in [0.15, 0.2) is 0 Å². The van der Waals surface area contributed by atoms with Gasteiger partial charge in [-0.25, -0.2) is 0 Å². The largest absolute Gasteiger partial charge is 0.366 e. The molecule has 1 amide bonds. The van der Waals surface area contributed by atoms with Crippen LogP contribution in [0.5, 0.6) is 0 Å². The highest BCUT2D eigenvalue weighted by molar-refractivity contribution is 5.82. The highest BCUT2D eigenvalue weighted by Crippen LogP contribution is 2.43. The van der Waals surface area contributed by atoms with Crippen LogP contribution in [0.15, 0.2) is 91.0 Å². The molecule has 3 heteroatoms. The van der Waals surface area contributed by atoms with Crippen LogP contribution in [0.25, 0.3) is 0 Å². The topological polar surface area (TPSA) is 32.8 Å². The summed E-state index contributed by atoms with van der Waals surface area (Å²) in [6, 6.07) is 31.1. The van der Waals surface area contributed by atoms with E-state index >= 15 is 0 Å². The third-order valence-electron chi connectivity index (χ3n) is 6.12. The molecule has 0 aliphatic carbocycles. The number of ether oxygens (including phenoxy) is 1. The first kappa shape index (κ1) is 18.1. The van der Waals surface area contributed by atoms with Crippen LogP contribution < -0.4 is 0 Å². The average Bonchev–Trinajstić information content (AvgIpc) is 3.56. The molecule has 0 N–H and O–H groups in total. The van der Waals surface area contributed by atoms with Crippen LogP contribution in [-0.2, 0) is 28.9 Å². The van der Waals surface area contributed by atoms with Gasteiger partial charge in [-0.05, 0) is 29.5 Å². The maximum absolute atomic E-state index is 13.6. The Morgan fingerprint density at radius 2 is 1.17 bits per heavy atom. The lowest BCUT2D eigenvalue weighted by Crippen LogP contribution is -2.53. The lowest BCUT2D eigenvalue weighted by molar-refractivity contribution is -0.140. The molecule has 0 spiro atoms. The van der Waals surface area contributed by atoms with Crippen LogP contribution in [0.2, 0.25) is 0 Å². The Kier molecular flexibility index (Phi) is 4.91. The second-order valence-corrected chi connectivity index (χ2v) is 8.07. The zero-order valence-corrected chi connectivity index (χ0v) is 16.4. The van der Waals surface area contributed by atoms with Gasteiger partial charge >= 0.3 is 0 Å². The number of fused-ring (bicyclic) bond motifs is 1. The number of amides is 1. The molecule has 5 rings (SSSR count). The number of rotatable bonds is 6. The van der Waals surface area contributed by atoms with Gasteiger partial charge in [0.25, 0.3) is 0 Å². The van der Waals surface area contributed by atoms with Gasteiger partial charge < -0.3 is 9.64 Å². The highest BCUT2D eigenvalue weighted by atomic mass is 16.6. The molecule has 3 aromatic rings. The van der Waals surface area contributed by atoms with E-state index in [0.717, 1.165) is 18.4 Å². The van der Waals surface area contributed by atoms with E-state index < -0.39 is 0 Å². The standard InChI is InChI=1S/C26H25NO2/c28-26-22(16-19-10-4-1-5-11-19)24-25(29-24)23(17-20-12-6-2-7-13-20)27(26)18-21-14-8-3-9-15-21/h1-15,22-25H,16-18H2/t22-,23-,24+,25-/m0/s1. The smallest absolute Gasteiger partial charge is 0.229 e. The molecule has 2 aliphatic rings. The molecular formula is C26H25NO2. The summed E-state index contributed by atoms with van der Waals surface area (Å²) in [6.45, 7) is 0.634. The number of carbonyl (C=O) groups is 1. The molecule has 0 radical (unpaired) electrons. The fourth-order valence-electron chi connectivity index (χ4n) is 4.59. The molecule has 2 saturated heterocycles. The number of piperidine rings is 1. The summed E-state index contributed by atoms with van der Waals surface area (Å²) in [5.74, 6) is 0.121. The zero-order valence-electron chi connectivity index (χ0n) is 16.4. The molecule has 2 heterocycles. The molecule has 146 valence electrons. The molecule has 2 fully saturated rings. The van der Waals surface area contributed by atoms with Gasteiger partial charge in [0.05, 0.1) is 18.1 Å². The van der Waals surface area contributed by atoms with Crippen molar-refractivity contribution in [3.63, 3.8) is 0 Å². The first-order chi connectivity index (χ1) is 14.3. The van der Waals surface area contributed by atoms with E-state index in [1.54, 1.807) is 0 Å². The predicted molar refractivity (Wildman–Crippen MR) is 113 cm³/mol. The number of hydrogen-bond acceptors (Lipinski definition) is 2. The Hall–Kier alpha value is -2.91. The van der Waals surface area contributed by atoms with E-state index in [1.807, 2.05) is 42.5 Å². The van der Waals surface area contributed by atoms with Gasteiger partial charge in [0, 0.05) is 6.54 Å². The third-order valence-corrected chi connectivity index (χ3v) is 6.12. The number of nitrogens with zero attached hydrogens (tertiary/aromatic N) is 1. The van der Waals surface area contributed by atoms with Crippen molar-refractivity contribution < 1.29 is 9.53 Å². The molecule has 0 bridgehead atoms. The van der Waals surface area contributed by atoms with Gasteiger partial charge in [0.2, 0.25) is 5.91 Å². The molecule has 4 atom stereocenters. The number of benzene rings is 3. The Balaban J connectivity index is 1.42. The highest BCUT2D eigenvalue weighted by Gasteiger charge is 2.59. The van der Waals surface area contributed by atoms with Crippen molar-refractivity contribution >= 4 is 5.91 Å². The van der Waals surface area contributed by atoms with E-state index in [0.29, 0.717) is 6.54 Å². The summed E-state index contributed by atoms with van der Waals surface area (Å²) in [7, 11) is 0. The van der Waals surface area contributed by atoms with Gasteiger partial charge in [-0.3, -0.25) is 4.79 Å². The summed E-state index contributed by atoms with van der Waals surface area (Å²) in [5, 5.41) is 0. The van der Waals surface area contributed by atoms with Crippen LogP contribution in [-0.4, -0.2) is 29.1 Å². The van der Waals surface area contributed by atoms with Crippen molar-refractivity contribution in [3.8, 4) is 0 Å². The normalized spacial score (nSPS) is 25.5. The minimum absolute atomic E-state index is 0.0449. The third kappa shape index (κ3) is 3.83. The van der Waals surface area contributed by atoms with Gasteiger partial charge in [0.1, 0.15) is 6.10 Å². The maximum Gasteiger partial charge on any atom is 0.229 e. The SMILES string of the molecule is O=C1[C@@H](Cc2ccccc2)[C@H]2O[C@H]2[C@H](Cc2ccccc2)N1Cc1ccccc1. The van der Waals surface area contributed by atoms with Crippen molar-refractivity contribution in [2.45, 2.75) is 37.6 Å². The molecule has 3 aromatic carbocycles. The summed E-state index contributed by atoms with van der Waals surface area (Å²) < 4.78 is 6.12. The fraction of sp³-hybridized carbons (Fsp3) is 0.269. The summed E-state index contributed by atoms with van der Waals surface area (Å²) in [4.78, 5) is 15.7. The lowest BCUT2D eigenvalue weighted by atomic mass is 9.85. The van der Waals surface area contributed by atoms with E-state index in [1.165, 1.54) is 11.1 Å². The Morgan fingerprint density at radius 1 is 0.655 bits per heavy atom. The van der Waals surface area contributed by atoms with Gasteiger partial charge in [-0.15, -0.1) is 0 Å². The average molecular weight is 383 g/mol. The van der Waals surface area contributed by atoms with Crippen LogP contribution in [0.1, 0.15) is 16.7 Å². The van der Waals surface area contributed by atoms with E-state index in [2.05, 4.69) is 53.4 Å². The second kappa shape index (κ2) is 7.84. The van der Waals surface area contributed by atoms with Gasteiger partial charge in [-0.2, -0.15) is 0 Å². The predicted octanol–water partition coefficient (Wildman–Crippen LogP) is 4.27. The minimum atomic E-state index is -0.0989. The Morgan fingerprint density at radius 3 is 1.76 bits per heavy atom. The van der Waals surface area contributed by atoms with E-state index in [4.69, 9.17) is 4.74 Å². The second-order valence-electron chi connectivity index (χ2n) is 8.07. The molecule has 2 aliphatic heterocycles. The van der Waals surface area contributed by atoms with E-state index in [9.17, 15) is 4.79 Å². The summed E-state index contributed by atoms with van der Waals surface area (Å²) in [5.41, 5.74) is 3.61. The number of likely N-dealkylation sites (tertiary alicyclic amines) is 1. The van der Waals surface area contributed by atoms with Crippen LogP contribution in [0.4, 0.5) is 0 Å². The minimum Gasteiger partial charge on any atom is -0.366 e. The van der Waals surface area contributed by atoms with Crippen LogP contribution in [0, 0.1) is 5.92 Å². The maximum atomic E-state index is 13.6. The van der Waals surface area contributed by atoms with Crippen molar-refractivity contribution in [2.24, 2.45) is 5.92 Å². The molecule has 29 heavy (non-hydrogen) atoms. The fourth-order valence-corrected chi connectivity index (χ4v) is 4.59. The molecule has 0 aromatic heterocycles. The van der Waals surface area contributed by atoms with E-state index in [-0.39, 0.29) is 30.1 Å². The molecule has 3 nitrogen and oxygen atoms in total. The summed E-state index contributed by atoms with van der Waals surface area (Å²) in [6.07, 6.45) is 1.75. The monoisotopic (exact) mass is 383 g/mol. The number of carbonyl (C=O) groups excluding carboxylic acids is 1. The van der Waals surface area contributed by atoms with Crippen molar-refractivity contribution in [3.05, 3.63) is 108 Å². The number of epoxide rings is 1. The van der Waals surface area contributed by atoms with Crippen molar-refractivity contribution in [2.75, 3.05) is 0 Å². The first-order valence-corrected chi connectivity index (χ1v) is 10.4. The number of hydrogen-bond donors (Lipinski definition) is 0. The van der Waals surface area contributed by atoms with Crippen molar-refractivity contribution in [1.29, 1.82) is 0 Å². The van der Waals surface area contributed by atoms with Crippen LogP contribution in [0.3, 0.4) is 0 Å². The zero-order chi connectivity index (χ0) is 19.6. The first-order valence-electron chi connectivity index (χ1n) is 10.4. The van der Waals surface area contributed by atoms with Crippen LogP contribution >= 0.6 is 0 Å². The van der Waals surface area contributed by atoms with Gasteiger partial charge in [-0.1, -0.05) is 91.0 Å². The Bertz CT molecular complexity index is 958. The molecular weight excluding hydrogens is 358 g/mol. The Labute approximate surface area is 171 Å². The summed E-state index contributed by atoms with van der Waals surface area (Å²) >= 11 is 0.